The monoisotopic (exact) mass is 461 g/mol. The number of aromatic nitrogens is 1. The Labute approximate surface area is 178 Å². The number of benzene rings is 1. The topological polar surface area (TPSA) is 80.5 Å². The number of aliphatic imine (C=N–C) groups is 1. The lowest BCUT2D eigenvalue weighted by Crippen LogP contribution is -2.28. The predicted octanol–water partition coefficient (Wildman–Crippen LogP) is 4.76. The summed E-state index contributed by atoms with van der Waals surface area (Å²) >= 11 is 0. The van der Waals surface area contributed by atoms with E-state index in [1.54, 1.807) is 0 Å². The molecule has 0 aliphatic carbocycles. The summed E-state index contributed by atoms with van der Waals surface area (Å²) in [6.07, 6.45) is -7.93. The summed E-state index contributed by atoms with van der Waals surface area (Å²) in [6, 6.07) is 4.23. The van der Waals surface area contributed by atoms with Gasteiger partial charge in [-0.1, -0.05) is 0 Å². The molecule has 2 aromatic rings. The van der Waals surface area contributed by atoms with Crippen LogP contribution in [-0.4, -0.2) is 23.9 Å². The third kappa shape index (κ3) is 5.11. The number of rotatable bonds is 3. The van der Waals surface area contributed by atoms with Crippen molar-refractivity contribution in [3.63, 3.8) is 0 Å². The maximum absolute atomic E-state index is 13.8. The van der Waals surface area contributed by atoms with E-state index in [1.807, 2.05) is 0 Å². The number of amidine groups is 1. The Kier molecular flexibility index (Phi) is 6.33. The maximum Gasteiger partial charge on any atom is 0.419 e. The van der Waals surface area contributed by atoms with E-state index < -0.39 is 29.3 Å². The first-order chi connectivity index (χ1) is 14.9. The van der Waals surface area contributed by atoms with E-state index in [0.717, 1.165) is 12.1 Å². The SMILES string of the molecule is NC(=Nc1ccc(C(F)(F)F)c(F)c1)C1=C(N)CCN(c2ncccc2C(F)(F)F)CC1. The van der Waals surface area contributed by atoms with E-state index in [1.165, 1.54) is 17.2 Å². The zero-order valence-corrected chi connectivity index (χ0v) is 16.4. The van der Waals surface area contributed by atoms with Crippen LogP contribution in [0.5, 0.6) is 0 Å². The van der Waals surface area contributed by atoms with E-state index in [0.29, 0.717) is 17.7 Å². The van der Waals surface area contributed by atoms with Crippen LogP contribution in [0.4, 0.5) is 42.2 Å². The van der Waals surface area contributed by atoms with Gasteiger partial charge in [0.05, 0.1) is 16.8 Å². The molecule has 1 aliphatic heterocycles. The molecule has 1 aromatic carbocycles. The molecule has 3 rings (SSSR count). The van der Waals surface area contributed by atoms with Gasteiger partial charge in [0.15, 0.2) is 0 Å². The highest BCUT2D eigenvalue weighted by Gasteiger charge is 2.36. The Bertz CT molecular complexity index is 1060. The Morgan fingerprint density at radius 1 is 0.969 bits per heavy atom. The fourth-order valence-electron chi connectivity index (χ4n) is 3.31. The summed E-state index contributed by atoms with van der Waals surface area (Å²) in [4.78, 5) is 9.24. The molecule has 172 valence electrons. The van der Waals surface area contributed by atoms with Gasteiger partial charge in [0.25, 0.3) is 0 Å². The van der Waals surface area contributed by atoms with Crippen molar-refractivity contribution in [2.75, 3.05) is 18.0 Å². The molecule has 1 aromatic heterocycles. The number of nitrogens with two attached hydrogens (primary N) is 2. The van der Waals surface area contributed by atoms with Gasteiger partial charge in [0.1, 0.15) is 17.5 Å². The molecule has 4 N–H and O–H groups in total. The van der Waals surface area contributed by atoms with Crippen LogP contribution in [0.2, 0.25) is 0 Å². The number of anilines is 1. The number of pyridine rings is 1. The van der Waals surface area contributed by atoms with Crippen molar-refractivity contribution in [1.82, 2.24) is 4.98 Å². The van der Waals surface area contributed by atoms with Gasteiger partial charge in [-0.15, -0.1) is 0 Å². The van der Waals surface area contributed by atoms with Crippen molar-refractivity contribution in [2.45, 2.75) is 25.2 Å². The highest BCUT2D eigenvalue weighted by Crippen LogP contribution is 2.36. The second-order valence-corrected chi connectivity index (χ2v) is 7.02. The molecule has 32 heavy (non-hydrogen) atoms. The lowest BCUT2D eigenvalue weighted by Gasteiger charge is -2.24. The van der Waals surface area contributed by atoms with Crippen LogP contribution in [0.1, 0.15) is 24.0 Å². The second-order valence-electron chi connectivity index (χ2n) is 7.02. The van der Waals surface area contributed by atoms with Crippen LogP contribution in [0.25, 0.3) is 0 Å². The van der Waals surface area contributed by atoms with E-state index in [9.17, 15) is 30.7 Å². The van der Waals surface area contributed by atoms with E-state index >= 15 is 0 Å². The van der Waals surface area contributed by atoms with Gasteiger partial charge in [-0.2, -0.15) is 26.3 Å². The van der Waals surface area contributed by atoms with Crippen molar-refractivity contribution < 1.29 is 30.7 Å². The Hall–Kier alpha value is -3.31. The molecule has 0 amide bonds. The van der Waals surface area contributed by atoms with Crippen molar-refractivity contribution in [2.24, 2.45) is 16.5 Å². The fraction of sp³-hybridized carbons (Fsp3) is 0.300. The normalized spacial score (nSPS) is 16.3. The van der Waals surface area contributed by atoms with Crippen LogP contribution < -0.4 is 16.4 Å². The molecule has 1 aliphatic rings. The van der Waals surface area contributed by atoms with Gasteiger partial charge in [0.2, 0.25) is 0 Å². The van der Waals surface area contributed by atoms with Gasteiger partial charge in [0, 0.05) is 43.0 Å². The molecule has 0 spiro atoms. The van der Waals surface area contributed by atoms with Gasteiger partial charge in [-0.25, -0.2) is 14.4 Å². The standard InChI is InChI=1S/C20H18F7N5/c21-15-10-11(3-4-13(15)19(22,23)24)31-17(29)12-5-8-32(9-6-16(12)28)18-14(20(25,26)27)2-1-7-30-18/h1-4,7,10H,5-6,8-9,28H2,(H2,29,31). The summed E-state index contributed by atoms with van der Waals surface area (Å²) in [5, 5.41) is 0. The largest absolute Gasteiger partial charge is 0.419 e. The number of hydrogen-bond acceptors (Lipinski definition) is 4. The first-order valence-electron chi connectivity index (χ1n) is 9.34. The van der Waals surface area contributed by atoms with Crippen LogP contribution in [-0.2, 0) is 12.4 Å². The molecule has 5 nitrogen and oxygen atoms in total. The zero-order valence-electron chi connectivity index (χ0n) is 16.4. The first kappa shape index (κ1) is 23.4. The fourth-order valence-corrected chi connectivity index (χ4v) is 3.31. The lowest BCUT2D eigenvalue weighted by molar-refractivity contribution is -0.140. The predicted molar refractivity (Wildman–Crippen MR) is 105 cm³/mol. The van der Waals surface area contributed by atoms with Crippen molar-refractivity contribution in [3.05, 3.63) is 64.7 Å². The molecule has 0 saturated heterocycles. The van der Waals surface area contributed by atoms with Crippen molar-refractivity contribution in [1.29, 1.82) is 0 Å². The van der Waals surface area contributed by atoms with E-state index in [2.05, 4.69) is 9.98 Å². The van der Waals surface area contributed by atoms with Crippen LogP contribution in [0.3, 0.4) is 0 Å². The molecule has 0 radical (unpaired) electrons. The highest BCUT2D eigenvalue weighted by atomic mass is 19.4. The second kappa shape index (κ2) is 8.67. The molecule has 0 unspecified atom stereocenters. The molecular formula is C20H18F7N5. The van der Waals surface area contributed by atoms with Crippen LogP contribution in [0, 0.1) is 5.82 Å². The Morgan fingerprint density at radius 2 is 1.62 bits per heavy atom. The summed E-state index contributed by atoms with van der Waals surface area (Å²) in [7, 11) is 0. The molecular weight excluding hydrogens is 443 g/mol. The lowest BCUT2D eigenvalue weighted by atomic mass is 10.1. The minimum atomic E-state index is -4.85. The molecule has 0 bridgehead atoms. The Balaban J connectivity index is 1.83. The number of nitrogens with zero attached hydrogens (tertiary/aromatic N) is 3. The minimum Gasteiger partial charge on any atom is -0.402 e. The minimum absolute atomic E-state index is 0.0910. The molecule has 0 atom stereocenters. The van der Waals surface area contributed by atoms with Crippen LogP contribution >= 0.6 is 0 Å². The van der Waals surface area contributed by atoms with Crippen LogP contribution in [0.15, 0.2) is 52.8 Å². The molecule has 2 heterocycles. The van der Waals surface area contributed by atoms with Gasteiger partial charge < -0.3 is 16.4 Å². The third-order valence-electron chi connectivity index (χ3n) is 4.88. The average molecular weight is 461 g/mol. The summed E-state index contributed by atoms with van der Waals surface area (Å²) < 4.78 is 91.9. The molecule has 0 saturated carbocycles. The quantitative estimate of drug-likeness (QED) is 0.393. The summed E-state index contributed by atoms with van der Waals surface area (Å²) in [6.45, 7) is 0.228. The van der Waals surface area contributed by atoms with Gasteiger partial charge >= 0.3 is 12.4 Å². The first-order valence-corrected chi connectivity index (χ1v) is 9.34. The molecule has 0 fully saturated rings. The summed E-state index contributed by atoms with van der Waals surface area (Å²) in [5.74, 6) is -1.90. The van der Waals surface area contributed by atoms with E-state index in [-0.39, 0.29) is 49.0 Å². The number of halogens is 7. The third-order valence-corrected chi connectivity index (χ3v) is 4.88. The smallest absolute Gasteiger partial charge is 0.402 e. The Morgan fingerprint density at radius 3 is 2.25 bits per heavy atom. The number of hydrogen-bond donors (Lipinski definition) is 2. The van der Waals surface area contributed by atoms with Crippen molar-refractivity contribution in [3.8, 4) is 0 Å². The molecule has 12 heteroatoms. The van der Waals surface area contributed by atoms with Gasteiger partial charge in [-0.05, 0) is 30.7 Å². The average Bonchev–Trinajstić information content (AvgIpc) is 2.88. The summed E-state index contributed by atoms with van der Waals surface area (Å²) in [5.41, 5.74) is 10.1. The van der Waals surface area contributed by atoms with Crippen molar-refractivity contribution >= 4 is 17.3 Å². The zero-order chi connectivity index (χ0) is 23.7. The number of alkyl halides is 6. The maximum atomic E-state index is 13.8. The highest BCUT2D eigenvalue weighted by molar-refractivity contribution is 5.99. The van der Waals surface area contributed by atoms with E-state index in [4.69, 9.17) is 11.5 Å². The van der Waals surface area contributed by atoms with Gasteiger partial charge in [-0.3, -0.25) is 0 Å².